The lowest BCUT2D eigenvalue weighted by Gasteiger charge is -2.30. The number of aromatic nitrogens is 2. The van der Waals surface area contributed by atoms with Gasteiger partial charge in [-0.2, -0.15) is 5.26 Å². The number of ether oxygens (including phenoxy) is 1. The summed E-state index contributed by atoms with van der Waals surface area (Å²) in [7, 11) is 0. The zero-order valence-electron chi connectivity index (χ0n) is 17.5. The first-order valence-electron chi connectivity index (χ1n) is 10.6. The summed E-state index contributed by atoms with van der Waals surface area (Å²) in [6.07, 6.45) is 4.31. The van der Waals surface area contributed by atoms with E-state index in [0.717, 1.165) is 37.3 Å². The molecule has 0 aliphatic carbocycles. The summed E-state index contributed by atoms with van der Waals surface area (Å²) >= 11 is 5.88. The predicted octanol–water partition coefficient (Wildman–Crippen LogP) is 3.58. The van der Waals surface area contributed by atoms with Gasteiger partial charge in [-0.1, -0.05) is 17.7 Å². The largest absolute Gasteiger partial charge is 0.381 e. The Morgan fingerprint density at radius 3 is 2.97 bits per heavy atom. The second-order valence-electron chi connectivity index (χ2n) is 7.91. The van der Waals surface area contributed by atoms with Gasteiger partial charge in [-0.25, -0.2) is 19.2 Å². The normalized spacial score (nSPS) is 17.2. The molecule has 3 heterocycles. The van der Waals surface area contributed by atoms with E-state index in [1.165, 1.54) is 18.2 Å². The Kier molecular flexibility index (Phi) is 7.02. The van der Waals surface area contributed by atoms with Crippen molar-refractivity contribution in [2.45, 2.75) is 44.3 Å². The van der Waals surface area contributed by atoms with E-state index in [-0.39, 0.29) is 23.5 Å². The molecule has 2 N–H and O–H groups in total. The van der Waals surface area contributed by atoms with Crippen LogP contribution in [0.25, 0.3) is 0 Å². The Morgan fingerprint density at radius 1 is 1.41 bits per heavy atom. The van der Waals surface area contributed by atoms with Crippen LogP contribution < -0.4 is 10.6 Å². The highest BCUT2D eigenvalue weighted by molar-refractivity contribution is 6.30. The molecule has 10 heteroatoms. The van der Waals surface area contributed by atoms with Crippen molar-refractivity contribution in [3.05, 3.63) is 52.1 Å². The third-order valence-corrected chi connectivity index (χ3v) is 6.02. The number of hydrogen-bond donors (Lipinski definition) is 2. The summed E-state index contributed by atoms with van der Waals surface area (Å²) < 4.78 is 18.9. The van der Waals surface area contributed by atoms with Gasteiger partial charge in [0.25, 0.3) is 0 Å². The molecule has 1 atom stereocenters. The Labute approximate surface area is 190 Å². The smallest absolute Gasteiger partial charge is 0.318 e. The first kappa shape index (κ1) is 22.2. The molecule has 32 heavy (non-hydrogen) atoms. The van der Waals surface area contributed by atoms with Crippen molar-refractivity contribution < 1.29 is 13.9 Å². The highest BCUT2D eigenvalue weighted by Gasteiger charge is 2.25. The summed E-state index contributed by atoms with van der Waals surface area (Å²) in [5, 5.41) is 15.4. The maximum Gasteiger partial charge on any atom is 0.318 e. The maximum absolute atomic E-state index is 13.5. The van der Waals surface area contributed by atoms with Crippen LogP contribution in [0.3, 0.4) is 0 Å². The molecule has 1 fully saturated rings. The second-order valence-corrected chi connectivity index (χ2v) is 8.31. The van der Waals surface area contributed by atoms with Gasteiger partial charge in [0.2, 0.25) is 5.95 Å². The Bertz CT molecular complexity index is 1020. The summed E-state index contributed by atoms with van der Waals surface area (Å²) in [5.74, 6) is 0.0103. The van der Waals surface area contributed by atoms with Crippen LogP contribution in [0.5, 0.6) is 0 Å². The maximum atomic E-state index is 13.5. The van der Waals surface area contributed by atoms with Crippen LogP contribution in [0, 0.1) is 17.1 Å². The number of nitrogens with zero attached hydrogens (tertiary/aromatic N) is 4. The molecule has 168 valence electrons. The Hall–Kier alpha value is -2.96. The number of rotatable bonds is 5. The zero-order valence-corrected chi connectivity index (χ0v) is 18.2. The second kappa shape index (κ2) is 10.1. The molecule has 2 aromatic rings. The number of amides is 2. The van der Waals surface area contributed by atoms with Crippen molar-refractivity contribution in [2.24, 2.45) is 0 Å². The molecule has 2 aliphatic heterocycles. The van der Waals surface area contributed by atoms with Crippen LogP contribution in [0.1, 0.15) is 42.1 Å². The van der Waals surface area contributed by atoms with Crippen molar-refractivity contribution in [1.82, 2.24) is 20.2 Å². The number of carbonyl (C=O) groups is 1. The molecule has 1 unspecified atom stereocenters. The molecule has 0 radical (unpaired) electrons. The van der Waals surface area contributed by atoms with Gasteiger partial charge < -0.3 is 20.3 Å². The summed E-state index contributed by atoms with van der Waals surface area (Å²) in [6, 6.07) is 5.63. The molecule has 2 amide bonds. The molecule has 4 rings (SSSR count). The minimum Gasteiger partial charge on any atom is -0.381 e. The molecule has 0 saturated carbocycles. The standard InChI is InChI=1S/C22H24ClFN6O2/c23-17-11-14(1-2-18(17)24)19(3-7-25)29-22(31)30-8-4-15-12-26-21(28-20(15)13-30)27-16-5-9-32-10-6-16/h1-2,11-12,16,19H,3-6,8-10,13H2,(H,29,31)(H,26,27,28). The Balaban J connectivity index is 1.43. The first-order valence-corrected chi connectivity index (χ1v) is 11.0. The van der Waals surface area contributed by atoms with E-state index >= 15 is 0 Å². The van der Waals surface area contributed by atoms with Crippen molar-refractivity contribution in [3.63, 3.8) is 0 Å². The Morgan fingerprint density at radius 2 is 2.22 bits per heavy atom. The lowest BCUT2D eigenvalue weighted by molar-refractivity contribution is 0.0903. The highest BCUT2D eigenvalue weighted by atomic mass is 35.5. The minimum atomic E-state index is -0.594. The number of benzene rings is 1. The fourth-order valence-corrected chi connectivity index (χ4v) is 4.07. The minimum absolute atomic E-state index is 0.0411. The van der Waals surface area contributed by atoms with Crippen molar-refractivity contribution in [3.8, 4) is 6.07 Å². The van der Waals surface area contributed by atoms with Gasteiger partial charge in [-0.05, 0) is 42.5 Å². The van der Waals surface area contributed by atoms with E-state index in [1.807, 2.05) is 6.20 Å². The SMILES string of the molecule is N#CCC(NC(=O)N1CCc2cnc(NC3CCOCC3)nc2C1)c1ccc(F)c(Cl)c1. The van der Waals surface area contributed by atoms with Crippen LogP contribution in [-0.4, -0.2) is 46.7 Å². The van der Waals surface area contributed by atoms with Gasteiger partial charge in [-0.15, -0.1) is 0 Å². The topological polar surface area (TPSA) is 103 Å². The molecule has 8 nitrogen and oxygen atoms in total. The van der Waals surface area contributed by atoms with Crippen LogP contribution in [-0.2, 0) is 17.7 Å². The first-order chi connectivity index (χ1) is 15.5. The molecule has 1 aromatic heterocycles. The summed E-state index contributed by atoms with van der Waals surface area (Å²) in [5.41, 5.74) is 2.40. The summed E-state index contributed by atoms with van der Waals surface area (Å²) in [4.78, 5) is 23.7. The van der Waals surface area contributed by atoms with E-state index in [1.54, 1.807) is 4.90 Å². The molecular formula is C22H24ClFN6O2. The van der Waals surface area contributed by atoms with Gasteiger partial charge in [0, 0.05) is 32.0 Å². The molecule has 0 spiro atoms. The number of anilines is 1. The van der Waals surface area contributed by atoms with E-state index in [4.69, 9.17) is 16.3 Å². The number of hydrogen-bond acceptors (Lipinski definition) is 6. The number of nitriles is 1. The van der Waals surface area contributed by atoms with E-state index in [9.17, 15) is 14.4 Å². The number of urea groups is 1. The number of carbonyl (C=O) groups excluding carboxylic acids is 1. The van der Waals surface area contributed by atoms with Crippen molar-refractivity contribution >= 4 is 23.6 Å². The van der Waals surface area contributed by atoms with Gasteiger partial charge in [0.1, 0.15) is 5.82 Å². The van der Waals surface area contributed by atoms with E-state index < -0.39 is 11.9 Å². The number of halogens is 2. The molecular weight excluding hydrogens is 435 g/mol. The van der Waals surface area contributed by atoms with E-state index in [2.05, 4.69) is 26.7 Å². The highest BCUT2D eigenvalue weighted by Crippen LogP contribution is 2.24. The third kappa shape index (κ3) is 5.26. The average molecular weight is 459 g/mol. The van der Waals surface area contributed by atoms with Gasteiger partial charge >= 0.3 is 6.03 Å². The van der Waals surface area contributed by atoms with Crippen molar-refractivity contribution in [2.75, 3.05) is 25.1 Å². The van der Waals surface area contributed by atoms with Crippen LogP contribution in [0.15, 0.2) is 24.4 Å². The third-order valence-electron chi connectivity index (χ3n) is 5.73. The fraction of sp³-hybridized carbons (Fsp3) is 0.455. The lowest BCUT2D eigenvalue weighted by atomic mass is 10.0. The lowest BCUT2D eigenvalue weighted by Crippen LogP contribution is -2.44. The number of nitrogens with one attached hydrogen (secondary N) is 2. The molecule has 2 aliphatic rings. The van der Waals surface area contributed by atoms with E-state index in [0.29, 0.717) is 31.0 Å². The van der Waals surface area contributed by atoms with Crippen LogP contribution in [0.2, 0.25) is 5.02 Å². The van der Waals surface area contributed by atoms with Crippen LogP contribution in [0.4, 0.5) is 15.1 Å². The van der Waals surface area contributed by atoms with Gasteiger partial charge in [-0.3, -0.25) is 0 Å². The zero-order chi connectivity index (χ0) is 22.5. The monoisotopic (exact) mass is 458 g/mol. The average Bonchev–Trinajstić information content (AvgIpc) is 2.81. The number of fused-ring (bicyclic) bond motifs is 1. The van der Waals surface area contributed by atoms with Gasteiger partial charge in [0.05, 0.1) is 35.8 Å². The molecule has 1 aromatic carbocycles. The molecule has 1 saturated heterocycles. The fourth-order valence-electron chi connectivity index (χ4n) is 3.88. The van der Waals surface area contributed by atoms with Gasteiger partial charge in [0.15, 0.2) is 0 Å². The molecule has 0 bridgehead atoms. The summed E-state index contributed by atoms with van der Waals surface area (Å²) in [6.45, 7) is 2.30. The van der Waals surface area contributed by atoms with Crippen LogP contribution >= 0.6 is 11.6 Å². The quantitative estimate of drug-likeness (QED) is 0.709. The predicted molar refractivity (Wildman–Crippen MR) is 117 cm³/mol. The van der Waals surface area contributed by atoms with Crippen molar-refractivity contribution in [1.29, 1.82) is 5.26 Å².